The fraction of sp³-hybridized carbons (Fsp3) is 0.423. The minimum absolute atomic E-state index is 0.0506. The Kier molecular flexibility index (Phi) is 5.34. The summed E-state index contributed by atoms with van der Waals surface area (Å²) in [6, 6.07) is 17.9. The van der Waals surface area contributed by atoms with E-state index in [1.165, 1.54) is 40.6 Å². The molecule has 156 valence electrons. The highest BCUT2D eigenvalue weighted by Gasteiger charge is 2.27. The molecule has 1 saturated carbocycles. The molecule has 4 heteroatoms. The van der Waals surface area contributed by atoms with Crippen LogP contribution in [0.25, 0.3) is 10.9 Å². The highest BCUT2D eigenvalue weighted by molar-refractivity contribution is 5.98. The maximum absolute atomic E-state index is 12.8. The summed E-state index contributed by atoms with van der Waals surface area (Å²) in [4.78, 5) is 12.8. The second kappa shape index (κ2) is 8.27. The van der Waals surface area contributed by atoms with E-state index in [0.29, 0.717) is 12.0 Å². The van der Waals surface area contributed by atoms with Crippen molar-refractivity contribution in [3.63, 3.8) is 0 Å². The van der Waals surface area contributed by atoms with Gasteiger partial charge in [0.05, 0.1) is 0 Å². The Balaban J connectivity index is 1.37. The number of fused-ring (bicyclic) bond motifs is 1. The van der Waals surface area contributed by atoms with Crippen molar-refractivity contribution in [3.05, 3.63) is 70.9 Å². The number of benzene rings is 2. The molecule has 3 aromatic rings. The van der Waals surface area contributed by atoms with E-state index in [-0.39, 0.29) is 5.91 Å². The minimum atomic E-state index is 0.0506. The molecule has 0 spiro atoms. The van der Waals surface area contributed by atoms with Crippen LogP contribution in [0.3, 0.4) is 0 Å². The summed E-state index contributed by atoms with van der Waals surface area (Å²) in [5.41, 5.74) is 6.01. The summed E-state index contributed by atoms with van der Waals surface area (Å²) in [7, 11) is 0. The smallest absolute Gasteiger partial charge is 0.251 e. The van der Waals surface area contributed by atoms with Gasteiger partial charge in [0.1, 0.15) is 0 Å². The molecule has 2 heterocycles. The number of nitrogens with one attached hydrogen (secondary N) is 2. The highest BCUT2D eigenvalue weighted by atomic mass is 16.1. The molecular formula is C26H31N3O. The van der Waals surface area contributed by atoms with E-state index in [4.69, 9.17) is 0 Å². The highest BCUT2D eigenvalue weighted by Crippen LogP contribution is 2.40. The number of nitrogens with zero attached hydrogens (tertiary/aromatic N) is 1. The number of amides is 1. The molecule has 5 rings (SSSR count). The predicted molar refractivity (Wildman–Crippen MR) is 122 cm³/mol. The number of rotatable bonds is 6. The standard InChI is InChI=1S/C26H31N3O/c1-18-2-4-19(5-3-18)14-24-16-22-15-21(6-9-25(22)29(24)23-7-8-23)26(30)28-17-20-10-12-27-13-11-20/h2-6,9,15-16,20,23,27H,7-8,10-14,17H2,1H3,(H,28,30). The molecule has 0 unspecified atom stereocenters. The normalized spacial score (nSPS) is 17.4. The van der Waals surface area contributed by atoms with E-state index in [1.54, 1.807) is 0 Å². The van der Waals surface area contributed by atoms with Crippen LogP contribution in [0.4, 0.5) is 0 Å². The first-order valence-electron chi connectivity index (χ1n) is 11.4. The number of hydrogen-bond donors (Lipinski definition) is 2. The van der Waals surface area contributed by atoms with Gasteiger partial charge in [0.25, 0.3) is 5.91 Å². The van der Waals surface area contributed by atoms with Crippen LogP contribution < -0.4 is 10.6 Å². The van der Waals surface area contributed by atoms with Gasteiger partial charge >= 0.3 is 0 Å². The molecule has 0 atom stereocenters. The summed E-state index contributed by atoms with van der Waals surface area (Å²) in [6.07, 6.45) is 5.73. The number of aryl methyl sites for hydroxylation is 1. The lowest BCUT2D eigenvalue weighted by Gasteiger charge is -2.22. The molecule has 1 aliphatic carbocycles. The third-order valence-electron chi connectivity index (χ3n) is 6.61. The van der Waals surface area contributed by atoms with Crippen LogP contribution in [-0.4, -0.2) is 30.1 Å². The Bertz CT molecular complexity index is 1040. The number of aromatic nitrogens is 1. The molecule has 0 bridgehead atoms. The molecule has 1 aromatic heterocycles. The van der Waals surface area contributed by atoms with Gasteiger partial charge in [-0.25, -0.2) is 0 Å². The van der Waals surface area contributed by atoms with Gasteiger partial charge in [0, 0.05) is 41.2 Å². The lowest BCUT2D eigenvalue weighted by molar-refractivity contribution is 0.0944. The Labute approximate surface area is 178 Å². The fourth-order valence-corrected chi connectivity index (χ4v) is 4.67. The van der Waals surface area contributed by atoms with Crippen molar-refractivity contribution < 1.29 is 4.79 Å². The predicted octanol–water partition coefficient (Wildman–Crippen LogP) is 4.60. The fourth-order valence-electron chi connectivity index (χ4n) is 4.67. The largest absolute Gasteiger partial charge is 0.352 e. The molecule has 1 aliphatic heterocycles. The first-order chi connectivity index (χ1) is 14.7. The van der Waals surface area contributed by atoms with Crippen molar-refractivity contribution in [2.24, 2.45) is 5.92 Å². The monoisotopic (exact) mass is 401 g/mol. The van der Waals surface area contributed by atoms with Crippen LogP contribution >= 0.6 is 0 Å². The van der Waals surface area contributed by atoms with Crippen molar-refractivity contribution in [1.82, 2.24) is 15.2 Å². The van der Waals surface area contributed by atoms with Crippen LogP contribution in [-0.2, 0) is 6.42 Å². The van der Waals surface area contributed by atoms with Gasteiger partial charge in [-0.2, -0.15) is 0 Å². The van der Waals surface area contributed by atoms with Crippen molar-refractivity contribution in [2.75, 3.05) is 19.6 Å². The topological polar surface area (TPSA) is 46.1 Å². The number of piperidine rings is 1. The lowest BCUT2D eigenvalue weighted by Crippen LogP contribution is -2.35. The van der Waals surface area contributed by atoms with Gasteiger partial charge in [-0.05, 0) is 81.4 Å². The molecule has 2 N–H and O–H groups in total. The molecule has 30 heavy (non-hydrogen) atoms. The zero-order chi connectivity index (χ0) is 20.5. The van der Waals surface area contributed by atoms with E-state index in [1.807, 2.05) is 6.07 Å². The van der Waals surface area contributed by atoms with Crippen molar-refractivity contribution in [2.45, 2.75) is 45.1 Å². The molecule has 2 aromatic carbocycles. The van der Waals surface area contributed by atoms with Gasteiger partial charge in [0.15, 0.2) is 0 Å². The summed E-state index contributed by atoms with van der Waals surface area (Å²) in [5, 5.41) is 7.72. The quantitative estimate of drug-likeness (QED) is 0.634. The SMILES string of the molecule is Cc1ccc(Cc2cc3cc(C(=O)NCC4CCNCC4)ccc3n2C2CC2)cc1. The third kappa shape index (κ3) is 4.15. The maximum Gasteiger partial charge on any atom is 0.251 e. The van der Waals surface area contributed by atoms with Crippen molar-refractivity contribution >= 4 is 16.8 Å². The average Bonchev–Trinajstić information content (AvgIpc) is 3.54. The van der Waals surface area contributed by atoms with Crippen LogP contribution in [0.2, 0.25) is 0 Å². The summed E-state index contributed by atoms with van der Waals surface area (Å²) in [5.74, 6) is 0.644. The Hall–Kier alpha value is -2.59. The Morgan fingerprint density at radius 3 is 2.53 bits per heavy atom. The lowest BCUT2D eigenvalue weighted by atomic mass is 9.98. The van der Waals surface area contributed by atoms with Crippen LogP contribution in [0.5, 0.6) is 0 Å². The van der Waals surface area contributed by atoms with Crippen molar-refractivity contribution in [3.8, 4) is 0 Å². The van der Waals surface area contributed by atoms with Crippen molar-refractivity contribution in [1.29, 1.82) is 0 Å². The van der Waals surface area contributed by atoms with Crippen LogP contribution in [0.15, 0.2) is 48.5 Å². The zero-order valence-electron chi connectivity index (χ0n) is 17.8. The van der Waals surface area contributed by atoms with Gasteiger partial charge < -0.3 is 15.2 Å². The summed E-state index contributed by atoms with van der Waals surface area (Å²) in [6.45, 7) is 5.03. The second-order valence-electron chi connectivity index (χ2n) is 9.08. The molecule has 4 nitrogen and oxygen atoms in total. The maximum atomic E-state index is 12.8. The van der Waals surface area contributed by atoms with Gasteiger partial charge in [-0.3, -0.25) is 4.79 Å². The van der Waals surface area contributed by atoms with E-state index in [9.17, 15) is 4.79 Å². The van der Waals surface area contributed by atoms with Gasteiger partial charge in [-0.1, -0.05) is 29.8 Å². The van der Waals surface area contributed by atoms with Crippen LogP contribution in [0, 0.1) is 12.8 Å². The number of carbonyl (C=O) groups excluding carboxylic acids is 1. The van der Waals surface area contributed by atoms with Crippen LogP contribution in [0.1, 0.15) is 58.9 Å². The average molecular weight is 402 g/mol. The second-order valence-corrected chi connectivity index (χ2v) is 9.08. The van der Waals surface area contributed by atoms with E-state index < -0.39 is 0 Å². The molecular weight excluding hydrogens is 370 g/mol. The summed E-state index contributed by atoms with van der Waals surface area (Å²) < 4.78 is 2.51. The number of hydrogen-bond acceptors (Lipinski definition) is 2. The molecule has 2 aliphatic rings. The van der Waals surface area contributed by atoms with Gasteiger partial charge in [0.2, 0.25) is 0 Å². The molecule has 2 fully saturated rings. The van der Waals surface area contributed by atoms with E-state index in [2.05, 4.69) is 64.6 Å². The zero-order valence-corrected chi connectivity index (χ0v) is 17.8. The molecule has 1 saturated heterocycles. The first kappa shape index (κ1) is 19.4. The minimum Gasteiger partial charge on any atom is -0.352 e. The Morgan fingerprint density at radius 1 is 1.03 bits per heavy atom. The van der Waals surface area contributed by atoms with E-state index >= 15 is 0 Å². The van der Waals surface area contributed by atoms with E-state index in [0.717, 1.165) is 44.5 Å². The molecule has 0 radical (unpaired) electrons. The third-order valence-corrected chi connectivity index (χ3v) is 6.61. The van der Waals surface area contributed by atoms with Gasteiger partial charge in [-0.15, -0.1) is 0 Å². The number of carbonyl (C=O) groups is 1. The molecule has 1 amide bonds. The first-order valence-corrected chi connectivity index (χ1v) is 11.4. The Morgan fingerprint density at radius 2 is 1.80 bits per heavy atom. The summed E-state index contributed by atoms with van der Waals surface area (Å²) >= 11 is 0.